The van der Waals surface area contributed by atoms with Crippen molar-refractivity contribution in [2.75, 3.05) is 0 Å². The molecule has 0 fully saturated rings. The average molecular weight is 1110 g/mol. The number of carbonyl (C=O) groups excluding carboxylic acids is 1. The number of benzene rings is 8. The number of halogens is 20. The van der Waals surface area contributed by atoms with Gasteiger partial charge in [-0.2, -0.15) is 4.57 Å². The van der Waals surface area contributed by atoms with E-state index in [-0.39, 0.29) is 18.4 Å². The summed E-state index contributed by atoms with van der Waals surface area (Å²) in [5.41, 5.74) is -8.94. The van der Waals surface area contributed by atoms with Crippen LogP contribution in [0.2, 0.25) is 0 Å². The molecule has 1 aromatic heterocycles. The maximum Gasteiger partial charge on any atom is 0.377 e. The zero-order valence-corrected chi connectivity index (χ0v) is 38.2. The van der Waals surface area contributed by atoms with E-state index >= 15 is 35.1 Å². The fourth-order valence-corrected chi connectivity index (χ4v) is 9.58. The van der Waals surface area contributed by atoms with Gasteiger partial charge in [-0.3, -0.25) is 4.79 Å². The van der Waals surface area contributed by atoms with Crippen molar-refractivity contribution in [2.45, 2.75) is 12.6 Å². The zero-order chi connectivity index (χ0) is 56.6. The molecule has 78 heavy (non-hydrogen) atoms. The molecule has 398 valence electrons. The van der Waals surface area contributed by atoms with E-state index < -0.39 is 144 Å². The van der Waals surface area contributed by atoms with Crippen LogP contribution in [0.3, 0.4) is 0 Å². The molecule has 1 aliphatic rings. The van der Waals surface area contributed by atoms with Gasteiger partial charge in [0.15, 0.2) is 82.1 Å². The molecule has 0 unspecified atom stereocenters. The van der Waals surface area contributed by atoms with Crippen LogP contribution >= 0.6 is 0 Å². The molecule has 8 aromatic carbocycles. The lowest BCUT2D eigenvalue weighted by atomic mass is 9.12. The Labute approximate surface area is 423 Å². The van der Waals surface area contributed by atoms with Crippen molar-refractivity contribution in [2.24, 2.45) is 0 Å². The third kappa shape index (κ3) is 8.26. The smallest absolute Gasteiger partial charge is 0.377 e. The summed E-state index contributed by atoms with van der Waals surface area (Å²) in [6, 6.07) is 36.4. The number of nitrogens with zero attached hydrogens (tertiary/aromatic N) is 1. The van der Waals surface area contributed by atoms with Gasteiger partial charge in [0.1, 0.15) is 52.7 Å². The number of hydrogen-bond acceptors (Lipinski definition) is 2. The van der Waals surface area contributed by atoms with Crippen molar-refractivity contribution >= 4 is 44.6 Å². The second-order valence-electron chi connectivity index (χ2n) is 17.1. The maximum atomic E-state index is 15.4. The first-order valence-electron chi connectivity index (χ1n) is 22.1. The van der Waals surface area contributed by atoms with Crippen LogP contribution in [0.25, 0.3) is 21.9 Å². The Bertz CT molecular complexity index is 3540. The molecule has 10 rings (SSSR count). The molecule has 1 heterocycles. The molecule has 0 aliphatic heterocycles. The molecular formula is C54H22BF20NO2. The van der Waals surface area contributed by atoms with Gasteiger partial charge in [0.2, 0.25) is 12.3 Å². The van der Waals surface area contributed by atoms with E-state index in [0.717, 1.165) is 21.9 Å². The van der Waals surface area contributed by atoms with Crippen LogP contribution in [-0.2, 0) is 6.54 Å². The van der Waals surface area contributed by atoms with Crippen molar-refractivity contribution in [3.8, 4) is 17.0 Å². The van der Waals surface area contributed by atoms with E-state index in [0.29, 0.717) is 11.4 Å². The number of ether oxygens (including phenoxy) is 1. The highest BCUT2D eigenvalue weighted by Crippen LogP contribution is 2.46. The van der Waals surface area contributed by atoms with Crippen LogP contribution in [0.15, 0.2) is 115 Å². The Balaban J connectivity index is 0.000000198. The van der Waals surface area contributed by atoms with Gasteiger partial charge in [0.05, 0.1) is 5.39 Å². The average Bonchev–Trinajstić information content (AvgIpc) is 3.92. The molecule has 0 spiro atoms. The predicted octanol–water partition coefficient (Wildman–Crippen LogP) is 12.0. The van der Waals surface area contributed by atoms with Crippen molar-refractivity contribution in [1.82, 2.24) is 0 Å². The summed E-state index contributed by atoms with van der Waals surface area (Å²) in [4.78, 5) is 13.1. The zero-order valence-electron chi connectivity index (χ0n) is 38.2. The van der Waals surface area contributed by atoms with E-state index in [1.807, 2.05) is 59.3 Å². The van der Waals surface area contributed by atoms with Crippen LogP contribution in [0.5, 0.6) is 5.88 Å². The third-order valence-electron chi connectivity index (χ3n) is 13.0. The number of fused-ring (bicyclic) bond motifs is 4. The van der Waals surface area contributed by atoms with E-state index in [9.17, 15) is 57.5 Å². The molecule has 0 radical (unpaired) electrons. The van der Waals surface area contributed by atoms with Gasteiger partial charge in [0.25, 0.3) is 0 Å². The number of carbonyl (C=O) groups is 1. The summed E-state index contributed by atoms with van der Waals surface area (Å²) in [6.45, 7) is 0.209. The molecule has 3 nitrogen and oxygen atoms in total. The second kappa shape index (κ2) is 20.4. The van der Waals surface area contributed by atoms with E-state index in [4.69, 9.17) is 4.74 Å². The molecule has 0 saturated heterocycles. The monoisotopic (exact) mass is 1110 g/mol. The van der Waals surface area contributed by atoms with Gasteiger partial charge >= 0.3 is 5.88 Å². The third-order valence-corrected chi connectivity index (χ3v) is 13.0. The summed E-state index contributed by atoms with van der Waals surface area (Å²) in [5, 5.41) is 2.07. The van der Waals surface area contributed by atoms with E-state index in [1.165, 1.54) is 11.1 Å². The van der Waals surface area contributed by atoms with Gasteiger partial charge < -0.3 is 4.74 Å². The Morgan fingerprint density at radius 3 is 1.05 bits per heavy atom. The Morgan fingerprint density at radius 1 is 0.372 bits per heavy atom. The quantitative estimate of drug-likeness (QED) is 0.0360. The highest BCUT2D eigenvalue weighted by molar-refractivity contribution is 7.20. The summed E-state index contributed by atoms with van der Waals surface area (Å²) < 4.78 is 303. The molecular weight excluding hydrogens is 1090 g/mol. The molecule has 0 N–H and O–H groups in total. The standard InChI is InChI=1S/C30H22NO2.C24BF20/c32-28(22-11-2-1-3-12-22)20-31-19-18-21-10-4-5-13-23(21)30(31)33-29-26-16-8-6-14-24(26)25-15-7-9-17-27(25)29;26-5-1(6(27)14(35)21(42)13(5)34)25(2-7(28)15(36)22(43)16(37)8(2)29,3-9(30)17(38)23(44)18(39)10(3)31)4-11(32)19(40)24(45)20(41)12(4)33/h1-19,29H,20H2;/q+1;-1. The molecule has 0 amide bonds. The molecule has 0 atom stereocenters. The van der Waals surface area contributed by atoms with Gasteiger partial charge in [-0.25, -0.2) is 87.8 Å². The largest absolute Gasteiger partial charge is 0.431 e. The van der Waals surface area contributed by atoms with Crippen LogP contribution in [-0.4, -0.2) is 11.9 Å². The Morgan fingerprint density at radius 2 is 0.679 bits per heavy atom. The minimum absolute atomic E-state index is 0.0490. The number of aromatic nitrogens is 1. The van der Waals surface area contributed by atoms with Crippen molar-refractivity contribution < 1.29 is 102 Å². The molecule has 9 aromatic rings. The lowest BCUT2D eigenvalue weighted by molar-refractivity contribution is -0.687. The first-order valence-corrected chi connectivity index (χ1v) is 22.1. The molecule has 0 saturated carbocycles. The fourth-order valence-electron chi connectivity index (χ4n) is 9.58. The van der Waals surface area contributed by atoms with Gasteiger partial charge in [-0.1, -0.05) is 97.1 Å². The van der Waals surface area contributed by atoms with Crippen LogP contribution in [0, 0.1) is 116 Å². The number of rotatable bonds is 9. The summed E-state index contributed by atoms with van der Waals surface area (Å²) in [6.07, 6.45) is -5.50. The van der Waals surface area contributed by atoms with Crippen LogP contribution < -0.4 is 31.2 Å². The minimum Gasteiger partial charge on any atom is -0.431 e. The maximum absolute atomic E-state index is 15.4. The van der Waals surface area contributed by atoms with Gasteiger partial charge in [0, 0.05) is 22.8 Å². The fraction of sp³-hybridized carbons (Fsp3) is 0.0370. The SMILES string of the molecule is Fc1c(F)c(F)c([B-](c2c(F)c(F)c(F)c(F)c2F)(c2c(F)c(F)c(F)c(F)c2F)c2c(F)c(F)c(F)c(F)c2F)c(F)c1F.O=C(C[n+]1ccc2ccccc2c1OC1c2ccccc2-c2ccccc21)c1ccccc1. The van der Waals surface area contributed by atoms with Gasteiger partial charge in [-0.15, -0.1) is 21.9 Å². The Hall–Kier alpha value is -8.70. The topological polar surface area (TPSA) is 30.2 Å². The van der Waals surface area contributed by atoms with Crippen LogP contribution in [0.4, 0.5) is 87.8 Å². The summed E-state index contributed by atoms with van der Waals surface area (Å²) in [5.74, 6) is -70.7. The Kier molecular flexibility index (Phi) is 14.1. The van der Waals surface area contributed by atoms with Crippen LogP contribution in [0.1, 0.15) is 27.6 Å². The highest BCUT2D eigenvalue weighted by Gasteiger charge is 2.52. The number of Topliss-reactive ketones (excluding diaryl/α,β-unsaturated/α-hetero) is 1. The van der Waals surface area contributed by atoms with Crippen molar-refractivity contribution in [3.63, 3.8) is 0 Å². The normalized spacial score (nSPS) is 12.2. The number of hydrogen-bond donors (Lipinski definition) is 0. The van der Waals surface area contributed by atoms with Crippen molar-refractivity contribution in [1.29, 1.82) is 0 Å². The summed E-state index contributed by atoms with van der Waals surface area (Å²) >= 11 is 0. The summed E-state index contributed by atoms with van der Waals surface area (Å²) in [7, 11) is 0. The van der Waals surface area contributed by atoms with E-state index in [2.05, 4.69) is 60.7 Å². The highest BCUT2D eigenvalue weighted by atomic mass is 19.2. The minimum atomic E-state index is -7.22. The van der Waals surface area contributed by atoms with E-state index in [1.54, 1.807) is 0 Å². The number of ketones is 1. The lowest BCUT2D eigenvalue weighted by Crippen LogP contribution is -2.81. The predicted molar refractivity (Wildman–Crippen MR) is 238 cm³/mol. The molecule has 1 aliphatic carbocycles. The van der Waals surface area contributed by atoms with Gasteiger partial charge in [-0.05, 0) is 22.6 Å². The number of pyridine rings is 1. The second-order valence-corrected chi connectivity index (χ2v) is 17.1. The first-order chi connectivity index (χ1) is 37.0. The lowest BCUT2D eigenvalue weighted by Gasteiger charge is -2.44. The van der Waals surface area contributed by atoms with Crippen molar-refractivity contribution in [3.05, 3.63) is 248 Å². The molecule has 0 bridgehead atoms. The molecule has 24 heteroatoms. The first kappa shape index (κ1) is 54.1.